The zero-order chi connectivity index (χ0) is 20.1. The Morgan fingerprint density at radius 1 is 1.04 bits per heavy atom. The van der Waals surface area contributed by atoms with Crippen molar-refractivity contribution in [3.63, 3.8) is 0 Å². The summed E-state index contributed by atoms with van der Waals surface area (Å²) < 4.78 is 15.9. The minimum Gasteiger partial charge on any atom is -0.494 e. The van der Waals surface area contributed by atoms with E-state index in [0.29, 0.717) is 31.4 Å². The predicted molar refractivity (Wildman–Crippen MR) is 104 cm³/mol. The molecule has 0 radical (unpaired) electrons. The van der Waals surface area contributed by atoms with Gasteiger partial charge in [0.05, 0.1) is 13.2 Å². The van der Waals surface area contributed by atoms with Crippen LogP contribution in [0, 0.1) is 5.92 Å². The fourth-order valence-electron chi connectivity index (χ4n) is 2.39. The highest BCUT2D eigenvalue weighted by Gasteiger charge is 2.16. The molecule has 1 aromatic rings. The third kappa shape index (κ3) is 10.3. The van der Waals surface area contributed by atoms with E-state index in [1.807, 2.05) is 19.1 Å². The van der Waals surface area contributed by atoms with Crippen LogP contribution < -0.4 is 20.1 Å². The number of carbonyl (C=O) groups excluding carboxylic acids is 2. The van der Waals surface area contributed by atoms with Crippen LogP contribution in [0.4, 0.5) is 4.79 Å². The fraction of sp³-hybridized carbons (Fsp3) is 0.600. The lowest BCUT2D eigenvalue weighted by atomic mass is 10.0. The predicted octanol–water partition coefficient (Wildman–Crippen LogP) is 3.13. The molecule has 152 valence electrons. The summed E-state index contributed by atoms with van der Waals surface area (Å²) in [6.07, 6.45) is 1.21. The van der Waals surface area contributed by atoms with Gasteiger partial charge in [-0.3, -0.25) is 4.79 Å². The van der Waals surface area contributed by atoms with Crippen molar-refractivity contribution >= 4 is 12.0 Å². The number of alkyl carbamates (subject to hydrolysis) is 1. The first-order valence-electron chi connectivity index (χ1n) is 9.50. The van der Waals surface area contributed by atoms with Crippen LogP contribution in [0.3, 0.4) is 0 Å². The van der Waals surface area contributed by atoms with E-state index in [4.69, 9.17) is 14.2 Å². The number of rotatable bonds is 12. The largest absolute Gasteiger partial charge is 0.494 e. The van der Waals surface area contributed by atoms with Crippen LogP contribution in [0.5, 0.6) is 11.5 Å². The smallest absolute Gasteiger partial charge is 0.407 e. The highest BCUT2D eigenvalue weighted by molar-refractivity contribution is 5.77. The second-order valence-corrected chi connectivity index (χ2v) is 6.60. The number of hydrogen-bond acceptors (Lipinski definition) is 5. The van der Waals surface area contributed by atoms with Gasteiger partial charge >= 0.3 is 6.09 Å². The molecule has 0 aliphatic rings. The monoisotopic (exact) mass is 380 g/mol. The Kier molecular flexibility index (Phi) is 10.7. The number of nitrogens with one attached hydrogen (secondary N) is 2. The van der Waals surface area contributed by atoms with Crippen LogP contribution in [0.25, 0.3) is 0 Å². The standard InChI is InChI=1S/C20H32N2O5/c1-5-11-26-17-7-9-18(10-8-17)27-14-19(23)21-13-16(12-15(3)4)22-20(24)25-6-2/h7-10,15-16H,5-6,11-14H2,1-4H3,(H,21,23)(H,22,24). The molecule has 0 aromatic heterocycles. The first-order chi connectivity index (χ1) is 12.9. The van der Waals surface area contributed by atoms with Gasteiger partial charge in [-0.05, 0) is 49.9 Å². The van der Waals surface area contributed by atoms with Gasteiger partial charge in [0.2, 0.25) is 0 Å². The summed E-state index contributed by atoms with van der Waals surface area (Å²) in [4.78, 5) is 23.6. The van der Waals surface area contributed by atoms with Crippen LogP contribution in [0.1, 0.15) is 40.5 Å². The molecule has 2 amide bonds. The fourth-order valence-corrected chi connectivity index (χ4v) is 2.39. The van der Waals surface area contributed by atoms with Gasteiger partial charge in [0.1, 0.15) is 11.5 Å². The maximum Gasteiger partial charge on any atom is 0.407 e. The van der Waals surface area contributed by atoms with E-state index in [0.717, 1.165) is 18.6 Å². The normalized spacial score (nSPS) is 11.6. The Labute approximate surface area is 161 Å². The molecule has 0 spiro atoms. The number of ether oxygens (including phenoxy) is 3. The Hall–Kier alpha value is -2.44. The molecule has 0 saturated heterocycles. The lowest BCUT2D eigenvalue weighted by Crippen LogP contribution is -2.45. The average molecular weight is 380 g/mol. The lowest BCUT2D eigenvalue weighted by molar-refractivity contribution is -0.123. The van der Waals surface area contributed by atoms with E-state index in [-0.39, 0.29) is 18.6 Å². The highest BCUT2D eigenvalue weighted by Crippen LogP contribution is 2.17. The van der Waals surface area contributed by atoms with Gasteiger partial charge < -0.3 is 24.8 Å². The molecule has 1 unspecified atom stereocenters. The number of benzene rings is 1. The quantitative estimate of drug-likeness (QED) is 0.582. The Balaban J connectivity index is 2.39. The summed E-state index contributed by atoms with van der Waals surface area (Å²) in [5.74, 6) is 1.49. The van der Waals surface area contributed by atoms with Gasteiger partial charge in [0.25, 0.3) is 5.91 Å². The van der Waals surface area contributed by atoms with E-state index in [1.165, 1.54) is 0 Å². The maximum atomic E-state index is 12.0. The van der Waals surface area contributed by atoms with Crippen molar-refractivity contribution in [1.82, 2.24) is 10.6 Å². The number of hydrogen-bond donors (Lipinski definition) is 2. The van der Waals surface area contributed by atoms with Crippen LogP contribution in [-0.4, -0.2) is 44.4 Å². The molecule has 0 saturated carbocycles. The van der Waals surface area contributed by atoms with E-state index in [9.17, 15) is 9.59 Å². The second-order valence-electron chi connectivity index (χ2n) is 6.60. The SMILES string of the molecule is CCCOc1ccc(OCC(=O)NCC(CC(C)C)NC(=O)OCC)cc1. The van der Waals surface area contributed by atoms with Crippen LogP contribution in [0.15, 0.2) is 24.3 Å². The summed E-state index contributed by atoms with van der Waals surface area (Å²) in [6.45, 7) is 9.11. The first kappa shape index (κ1) is 22.6. The third-order valence-corrected chi connectivity index (χ3v) is 3.57. The summed E-state index contributed by atoms with van der Waals surface area (Å²) in [5, 5.41) is 5.56. The Bertz CT molecular complexity index is 560. The van der Waals surface area contributed by atoms with Crippen molar-refractivity contribution < 1.29 is 23.8 Å². The Morgan fingerprint density at radius 3 is 2.22 bits per heavy atom. The average Bonchev–Trinajstić information content (AvgIpc) is 2.63. The van der Waals surface area contributed by atoms with Crippen molar-refractivity contribution in [2.75, 3.05) is 26.4 Å². The van der Waals surface area contributed by atoms with Gasteiger partial charge in [-0.1, -0.05) is 20.8 Å². The molecular formula is C20H32N2O5. The zero-order valence-corrected chi connectivity index (χ0v) is 16.7. The van der Waals surface area contributed by atoms with E-state index in [1.54, 1.807) is 19.1 Å². The molecule has 1 aromatic carbocycles. The molecule has 0 aliphatic carbocycles. The molecule has 0 heterocycles. The van der Waals surface area contributed by atoms with Crippen molar-refractivity contribution in [1.29, 1.82) is 0 Å². The second kappa shape index (κ2) is 12.8. The minimum absolute atomic E-state index is 0.0943. The van der Waals surface area contributed by atoms with Crippen molar-refractivity contribution in [2.45, 2.75) is 46.6 Å². The summed E-state index contributed by atoms with van der Waals surface area (Å²) >= 11 is 0. The molecule has 0 aliphatic heterocycles. The van der Waals surface area contributed by atoms with Crippen LogP contribution in [-0.2, 0) is 9.53 Å². The molecule has 1 atom stereocenters. The first-order valence-corrected chi connectivity index (χ1v) is 9.50. The molecule has 7 nitrogen and oxygen atoms in total. The van der Waals surface area contributed by atoms with Crippen LogP contribution in [0.2, 0.25) is 0 Å². The van der Waals surface area contributed by atoms with E-state index in [2.05, 4.69) is 24.5 Å². The van der Waals surface area contributed by atoms with Gasteiger partial charge in [-0.2, -0.15) is 0 Å². The molecule has 7 heteroatoms. The third-order valence-electron chi connectivity index (χ3n) is 3.57. The summed E-state index contributed by atoms with van der Waals surface area (Å²) in [5.41, 5.74) is 0. The zero-order valence-electron chi connectivity index (χ0n) is 16.7. The molecule has 0 fully saturated rings. The number of carbonyl (C=O) groups is 2. The van der Waals surface area contributed by atoms with Crippen LogP contribution >= 0.6 is 0 Å². The highest BCUT2D eigenvalue weighted by atomic mass is 16.5. The van der Waals surface area contributed by atoms with Gasteiger partial charge in [0, 0.05) is 12.6 Å². The summed E-state index contributed by atoms with van der Waals surface area (Å²) in [6, 6.07) is 6.96. The minimum atomic E-state index is -0.473. The molecular weight excluding hydrogens is 348 g/mol. The van der Waals surface area contributed by atoms with Gasteiger partial charge in [0.15, 0.2) is 6.61 Å². The Morgan fingerprint density at radius 2 is 1.67 bits per heavy atom. The summed E-state index contributed by atoms with van der Waals surface area (Å²) in [7, 11) is 0. The molecule has 27 heavy (non-hydrogen) atoms. The number of amides is 2. The molecule has 1 rings (SSSR count). The molecule has 2 N–H and O–H groups in total. The lowest BCUT2D eigenvalue weighted by Gasteiger charge is -2.20. The maximum absolute atomic E-state index is 12.0. The van der Waals surface area contributed by atoms with E-state index < -0.39 is 6.09 Å². The topological polar surface area (TPSA) is 85.9 Å². The van der Waals surface area contributed by atoms with Gasteiger partial charge in [-0.25, -0.2) is 4.79 Å². The van der Waals surface area contributed by atoms with Gasteiger partial charge in [-0.15, -0.1) is 0 Å². The van der Waals surface area contributed by atoms with Crippen molar-refractivity contribution in [2.24, 2.45) is 5.92 Å². The van der Waals surface area contributed by atoms with Crippen molar-refractivity contribution in [3.8, 4) is 11.5 Å². The van der Waals surface area contributed by atoms with E-state index >= 15 is 0 Å². The molecule has 0 bridgehead atoms. The van der Waals surface area contributed by atoms with Crippen molar-refractivity contribution in [3.05, 3.63) is 24.3 Å².